The predicted octanol–water partition coefficient (Wildman–Crippen LogP) is 0.964. The largest absolute Gasteiger partial charge is 0.345 e. The molecule has 0 N–H and O–H groups in total. The van der Waals surface area contributed by atoms with Crippen LogP contribution < -0.4 is 5.69 Å². The molecule has 1 unspecified atom stereocenters. The number of aromatic nitrogens is 3. The van der Waals surface area contributed by atoms with Crippen molar-refractivity contribution >= 4 is 5.91 Å². The Bertz CT molecular complexity index is 544. The number of amides is 1. The first-order valence-corrected chi connectivity index (χ1v) is 7.38. The summed E-state index contributed by atoms with van der Waals surface area (Å²) in [4.78, 5) is 26.0. The summed E-state index contributed by atoms with van der Waals surface area (Å²) in [7, 11) is 1.68. The van der Waals surface area contributed by atoms with Gasteiger partial charge in [-0.05, 0) is 19.8 Å². The topological polar surface area (TPSA) is 60.1 Å². The van der Waals surface area contributed by atoms with Crippen LogP contribution >= 0.6 is 0 Å². The lowest BCUT2D eigenvalue weighted by molar-refractivity contribution is -0.135. The van der Waals surface area contributed by atoms with Gasteiger partial charge in [0.05, 0.1) is 0 Å². The summed E-state index contributed by atoms with van der Waals surface area (Å²) >= 11 is 0. The molecule has 1 saturated heterocycles. The van der Waals surface area contributed by atoms with Crippen molar-refractivity contribution in [3.8, 4) is 0 Å². The molecule has 1 aromatic heterocycles. The van der Waals surface area contributed by atoms with Gasteiger partial charge in [-0.25, -0.2) is 9.48 Å². The second-order valence-electron chi connectivity index (χ2n) is 5.79. The van der Waals surface area contributed by atoms with Crippen LogP contribution in [-0.2, 0) is 18.4 Å². The van der Waals surface area contributed by atoms with Gasteiger partial charge in [0, 0.05) is 38.5 Å². The molecule has 1 fully saturated rings. The zero-order chi connectivity index (χ0) is 14.9. The zero-order valence-corrected chi connectivity index (χ0v) is 12.8. The van der Waals surface area contributed by atoms with Gasteiger partial charge in [-0.2, -0.15) is 5.10 Å². The highest BCUT2D eigenvalue weighted by Crippen LogP contribution is 2.25. The van der Waals surface area contributed by atoms with E-state index in [0.717, 1.165) is 25.2 Å². The summed E-state index contributed by atoms with van der Waals surface area (Å²) in [6, 6.07) is 0. The van der Waals surface area contributed by atoms with Crippen LogP contribution in [0.3, 0.4) is 0 Å². The number of likely N-dealkylation sites (tertiary alicyclic amines) is 1. The fourth-order valence-electron chi connectivity index (χ4n) is 2.88. The highest BCUT2D eigenvalue weighted by Gasteiger charge is 2.29. The number of nitrogens with zero attached hydrogens (tertiary/aromatic N) is 4. The van der Waals surface area contributed by atoms with Crippen molar-refractivity contribution in [1.29, 1.82) is 0 Å². The molecular formula is C14H24N4O2. The van der Waals surface area contributed by atoms with E-state index < -0.39 is 0 Å². The van der Waals surface area contributed by atoms with E-state index in [0.29, 0.717) is 13.1 Å². The van der Waals surface area contributed by atoms with Crippen LogP contribution in [0.2, 0.25) is 0 Å². The Labute approximate surface area is 119 Å². The quantitative estimate of drug-likeness (QED) is 0.828. The van der Waals surface area contributed by atoms with Crippen LogP contribution in [0.5, 0.6) is 0 Å². The van der Waals surface area contributed by atoms with Crippen molar-refractivity contribution in [1.82, 2.24) is 19.2 Å². The third-order valence-corrected chi connectivity index (χ3v) is 3.95. The summed E-state index contributed by atoms with van der Waals surface area (Å²) in [6.45, 7) is 7.91. The highest BCUT2D eigenvalue weighted by molar-refractivity contribution is 5.78. The summed E-state index contributed by atoms with van der Waals surface area (Å²) in [6.07, 6.45) is 1.95. The van der Waals surface area contributed by atoms with Crippen LogP contribution in [0.25, 0.3) is 0 Å². The number of hydrogen-bond donors (Lipinski definition) is 0. The van der Waals surface area contributed by atoms with Gasteiger partial charge in [0.25, 0.3) is 0 Å². The van der Waals surface area contributed by atoms with Gasteiger partial charge in [-0.1, -0.05) is 13.8 Å². The first-order valence-electron chi connectivity index (χ1n) is 7.38. The maximum atomic E-state index is 12.1. The normalized spacial score (nSPS) is 19.6. The van der Waals surface area contributed by atoms with E-state index in [1.807, 2.05) is 25.7 Å². The minimum Gasteiger partial charge on any atom is -0.342 e. The van der Waals surface area contributed by atoms with Crippen LogP contribution in [0.1, 0.15) is 45.4 Å². The van der Waals surface area contributed by atoms with Gasteiger partial charge in [0.15, 0.2) is 0 Å². The fraction of sp³-hybridized carbons (Fsp3) is 0.786. The minimum absolute atomic E-state index is 0.0193. The molecule has 0 aliphatic carbocycles. The van der Waals surface area contributed by atoms with Crippen molar-refractivity contribution < 1.29 is 4.79 Å². The Kier molecular flexibility index (Phi) is 4.30. The molecule has 0 aromatic carbocycles. The number of piperidine rings is 1. The SMILES string of the molecule is CCn1c(C2CCCN(C(=O)C(C)C)C2)nn(C)c1=O. The van der Waals surface area contributed by atoms with E-state index in [4.69, 9.17) is 0 Å². The van der Waals surface area contributed by atoms with Crippen LogP contribution in [0.15, 0.2) is 4.79 Å². The smallest absolute Gasteiger partial charge is 0.342 e. The first-order chi connectivity index (χ1) is 9.45. The third kappa shape index (κ3) is 2.64. The van der Waals surface area contributed by atoms with Gasteiger partial charge in [-0.15, -0.1) is 0 Å². The lowest BCUT2D eigenvalue weighted by atomic mass is 9.96. The van der Waals surface area contributed by atoms with Gasteiger partial charge in [-0.3, -0.25) is 9.36 Å². The Balaban J connectivity index is 2.23. The van der Waals surface area contributed by atoms with Crippen molar-refractivity contribution in [3.63, 3.8) is 0 Å². The Hall–Kier alpha value is -1.59. The summed E-state index contributed by atoms with van der Waals surface area (Å²) in [5.74, 6) is 1.20. The number of aryl methyl sites for hydroxylation is 1. The molecule has 1 aliphatic heterocycles. The number of hydrogen-bond acceptors (Lipinski definition) is 3. The standard InChI is InChI=1S/C14H24N4O2/c1-5-18-12(15-16(4)14(18)20)11-7-6-8-17(9-11)13(19)10(2)3/h10-11H,5-9H2,1-4H3. The fourth-order valence-corrected chi connectivity index (χ4v) is 2.88. The molecular weight excluding hydrogens is 256 g/mol. The zero-order valence-electron chi connectivity index (χ0n) is 12.8. The average Bonchev–Trinajstić information content (AvgIpc) is 2.73. The van der Waals surface area contributed by atoms with Gasteiger partial charge in [0.1, 0.15) is 5.82 Å². The predicted molar refractivity (Wildman–Crippen MR) is 76.5 cm³/mol. The number of carbonyl (C=O) groups is 1. The Morgan fingerprint density at radius 3 is 2.75 bits per heavy atom. The molecule has 1 aromatic rings. The maximum Gasteiger partial charge on any atom is 0.345 e. The van der Waals surface area contributed by atoms with Gasteiger partial charge >= 0.3 is 5.69 Å². The van der Waals surface area contributed by atoms with Crippen LogP contribution in [0.4, 0.5) is 0 Å². The molecule has 0 saturated carbocycles. The summed E-state index contributed by atoms with van der Waals surface area (Å²) in [5, 5.41) is 4.37. The molecule has 0 radical (unpaired) electrons. The molecule has 1 aliphatic rings. The lowest BCUT2D eigenvalue weighted by Gasteiger charge is -2.33. The molecule has 1 atom stereocenters. The van der Waals surface area contributed by atoms with E-state index in [-0.39, 0.29) is 23.4 Å². The minimum atomic E-state index is -0.0743. The Morgan fingerprint density at radius 1 is 1.45 bits per heavy atom. The molecule has 112 valence electrons. The van der Waals surface area contributed by atoms with Crippen LogP contribution in [-0.4, -0.2) is 38.2 Å². The monoisotopic (exact) mass is 280 g/mol. The number of rotatable bonds is 3. The number of carbonyl (C=O) groups excluding carboxylic acids is 1. The molecule has 2 heterocycles. The summed E-state index contributed by atoms with van der Waals surface area (Å²) < 4.78 is 3.11. The maximum absolute atomic E-state index is 12.1. The van der Waals surface area contributed by atoms with Crippen molar-refractivity contribution in [2.45, 2.75) is 46.1 Å². The van der Waals surface area contributed by atoms with Crippen molar-refractivity contribution in [3.05, 3.63) is 16.3 Å². The molecule has 6 heteroatoms. The Morgan fingerprint density at radius 2 is 2.15 bits per heavy atom. The average molecular weight is 280 g/mol. The summed E-state index contributed by atoms with van der Waals surface area (Å²) in [5.41, 5.74) is -0.0743. The van der Waals surface area contributed by atoms with E-state index >= 15 is 0 Å². The molecule has 0 spiro atoms. The molecule has 0 bridgehead atoms. The van der Waals surface area contributed by atoms with Gasteiger partial charge in [0.2, 0.25) is 5.91 Å². The molecule has 2 rings (SSSR count). The second kappa shape index (κ2) is 5.81. The van der Waals surface area contributed by atoms with Crippen LogP contribution in [0, 0.1) is 5.92 Å². The van der Waals surface area contributed by atoms with Crippen molar-refractivity contribution in [2.75, 3.05) is 13.1 Å². The van der Waals surface area contributed by atoms with E-state index in [1.54, 1.807) is 11.6 Å². The van der Waals surface area contributed by atoms with E-state index in [1.165, 1.54) is 4.68 Å². The lowest BCUT2D eigenvalue weighted by Crippen LogP contribution is -2.42. The third-order valence-electron chi connectivity index (χ3n) is 3.95. The highest BCUT2D eigenvalue weighted by atomic mass is 16.2. The first kappa shape index (κ1) is 14.8. The van der Waals surface area contributed by atoms with E-state index in [2.05, 4.69) is 5.10 Å². The molecule has 20 heavy (non-hydrogen) atoms. The molecule has 1 amide bonds. The molecule has 6 nitrogen and oxygen atoms in total. The van der Waals surface area contributed by atoms with E-state index in [9.17, 15) is 9.59 Å². The second-order valence-corrected chi connectivity index (χ2v) is 5.79. The van der Waals surface area contributed by atoms with Gasteiger partial charge < -0.3 is 4.90 Å². The van der Waals surface area contributed by atoms with Crippen molar-refractivity contribution in [2.24, 2.45) is 13.0 Å².